The monoisotopic (exact) mass is 634 g/mol. The van der Waals surface area contributed by atoms with Crippen LogP contribution in [0.15, 0.2) is 158 Å². The topological polar surface area (TPSA) is 18.7 Å². The molecule has 0 amide bonds. The third kappa shape index (κ3) is 2.84. The Morgan fingerprint density at radius 2 is 0.720 bits per heavy atom. The number of para-hydroxylation sites is 4. The van der Waals surface area contributed by atoms with Gasteiger partial charge in [-0.3, -0.25) is 0 Å². The average molecular weight is 635 g/mol. The Kier molecular flexibility index (Phi) is 4.36. The Bertz CT molecular complexity index is 3280. The van der Waals surface area contributed by atoms with Crippen LogP contribution in [0, 0.1) is 0 Å². The van der Waals surface area contributed by atoms with Gasteiger partial charge < -0.3 is 17.9 Å². The van der Waals surface area contributed by atoms with Crippen molar-refractivity contribution in [1.82, 2.24) is 17.9 Å². The zero-order chi connectivity index (χ0) is 32.2. The maximum Gasteiger partial charge on any atom is 0.0615 e. The normalized spacial score (nSPS) is 12.8. The number of rotatable bonds is 2. The summed E-state index contributed by atoms with van der Waals surface area (Å²) in [5.41, 5.74) is 12.4. The van der Waals surface area contributed by atoms with Gasteiger partial charge in [-0.1, -0.05) is 72.8 Å². The third-order valence-corrected chi connectivity index (χ3v) is 11.4. The van der Waals surface area contributed by atoms with Gasteiger partial charge in [-0.05, 0) is 72.8 Å². The Morgan fingerprint density at radius 3 is 1.18 bits per heavy atom. The van der Waals surface area contributed by atoms with Crippen LogP contribution in [-0.2, 0) is 0 Å². The lowest BCUT2D eigenvalue weighted by Crippen LogP contribution is -1.92. The van der Waals surface area contributed by atoms with E-state index in [0.717, 1.165) is 0 Å². The van der Waals surface area contributed by atoms with Crippen molar-refractivity contribution in [2.75, 3.05) is 0 Å². The van der Waals surface area contributed by atoms with E-state index in [4.69, 9.17) is 0 Å². The fourth-order valence-electron chi connectivity index (χ4n) is 9.52. The van der Waals surface area contributed by atoms with Crippen molar-refractivity contribution in [1.29, 1.82) is 0 Å². The molecule has 0 bridgehead atoms. The fraction of sp³-hybridized carbons (Fsp3) is 0. The minimum Gasteiger partial charge on any atom is -0.315 e. The molecule has 4 nitrogen and oxygen atoms in total. The van der Waals surface area contributed by atoms with E-state index in [1.165, 1.54) is 109 Å². The Balaban J connectivity index is 1.24. The van der Waals surface area contributed by atoms with Crippen LogP contribution in [0.25, 0.3) is 109 Å². The molecule has 0 radical (unpaired) electrons. The van der Waals surface area contributed by atoms with Crippen LogP contribution in [0.2, 0.25) is 0 Å². The van der Waals surface area contributed by atoms with Gasteiger partial charge in [0, 0.05) is 77.6 Å². The largest absolute Gasteiger partial charge is 0.315 e. The summed E-state index contributed by atoms with van der Waals surface area (Å²) in [6.45, 7) is 0. The van der Waals surface area contributed by atoms with Crippen molar-refractivity contribution in [2.45, 2.75) is 0 Å². The smallest absolute Gasteiger partial charge is 0.0615 e. The van der Waals surface area contributed by atoms with Gasteiger partial charge in [0.2, 0.25) is 0 Å². The van der Waals surface area contributed by atoms with Gasteiger partial charge >= 0.3 is 0 Å². The summed E-state index contributed by atoms with van der Waals surface area (Å²) in [5.74, 6) is 0. The second kappa shape index (κ2) is 8.62. The molecule has 0 aliphatic carbocycles. The van der Waals surface area contributed by atoms with Crippen LogP contribution in [0.4, 0.5) is 0 Å². The van der Waals surface area contributed by atoms with Gasteiger partial charge in [0.05, 0.1) is 44.1 Å². The molecule has 13 rings (SSSR count). The lowest BCUT2D eigenvalue weighted by atomic mass is 10.0. The standard InChI is InChI=1S/C46H26N4/c1-3-11-29(12-4-1)49-35-17-9-7-15-31(35)41-39(49)23-27-19-21-47-37-26-34-38(25-33(37)43(41)45(27)47)48-22-20-28-24-40-42(44(34)46(28)48)32-16-8-10-18-36(32)50(40)30-13-5-2-6-14-30/h1-26H. The molecule has 0 fully saturated rings. The number of hydrogen-bond acceptors (Lipinski definition) is 0. The van der Waals surface area contributed by atoms with Crippen LogP contribution in [-0.4, -0.2) is 17.9 Å². The lowest BCUT2D eigenvalue weighted by molar-refractivity contribution is 1.18. The van der Waals surface area contributed by atoms with Crippen LogP contribution < -0.4 is 0 Å². The van der Waals surface area contributed by atoms with E-state index in [1.807, 2.05) is 0 Å². The summed E-state index contributed by atoms with van der Waals surface area (Å²) in [6, 6.07) is 53.7. The molecule has 7 aromatic carbocycles. The zero-order valence-corrected chi connectivity index (χ0v) is 26.8. The SMILES string of the molecule is c1ccc(-n2c3ccccc3c3c4c5cc6c(cc5n5ccc(cc32)c45)c2c3c4ccccc4n(-c4ccccc4)c3cc3ccn6c32)cc1. The van der Waals surface area contributed by atoms with Gasteiger partial charge in [0.15, 0.2) is 0 Å². The molecule has 0 saturated carbocycles. The van der Waals surface area contributed by atoms with E-state index in [-0.39, 0.29) is 0 Å². The molecular weight excluding hydrogens is 609 g/mol. The van der Waals surface area contributed by atoms with Crippen LogP contribution in [0.5, 0.6) is 0 Å². The molecule has 4 heteroatoms. The first-order chi connectivity index (χ1) is 24.8. The average Bonchev–Trinajstić information content (AvgIpc) is 4.01. The number of fused-ring (bicyclic) bond motifs is 14. The first-order valence-electron chi connectivity index (χ1n) is 17.3. The van der Waals surface area contributed by atoms with E-state index in [0.29, 0.717) is 0 Å². The van der Waals surface area contributed by atoms with E-state index >= 15 is 0 Å². The van der Waals surface area contributed by atoms with Crippen molar-refractivity contribution in [2.24, 2.45) is 0 Å². The summed E-state index contributed by atoms with van der Waals surface area (Å²) >= 11 is 0. The molecule has 0 atom stereocenters. The lowest BCUT2D eigenvalue weighted by Gasteiger charge is -2.07. The van der Waals surface area contributed by atoms with Crippen molar-refractivity contribution >= 4 is 98.0 Å². The minimum atomic E-state index is 1.18. The van der Waals surface area contributed by atoms with Crippen LogP contribution in [0.1, 0.15) is 0 Å². The Morgan fingerprint density at radius 1 is 0.300 bits per heavy atom. The summed E-state index contributed by atoms with van der Waals surface area (Å²) in [6.07, 6.45) is 4.54. The molecule has 0 aliphatic heterocycles. The Labute approximate surface area is 284 Å². The predicted molar refractivity (Wildman–Crippen MR) is 209 cm³/mol. The molecule has 50 heavy (non-hydrogen) atoms. The highest BCUT2D eigenvalue weighted by molar-refractivity contribution is 6.36. The first-order valence-corrected chi connectivity index (χ1v) is 17.3. The molecule has 0 saturated heterocycles. The number of aromatic nitrogens is 4. The van der Waals surface area contributed by atoms with Gasteiger partial charge in [-0.15, -0.1) is 0 Å². The van der Waals surface area contributed by atoms with E-state index in [1.54, 1.807) is 0 Å². The van der Waals surface area contributed by atoms with Gasteiger partial charge in [-0.2, -0.15) is 0 Å². The third-order valence-electron chi connectivity index (χ3n) is 11.4. The first kappa shape index (κ1) is 25.3. The van der Waals surface area contributed by atoms with Crippen LogP contribution >= 0.6 is 0 Å². The summed E-state index contributed by atoms with van der Waals surface area (Å²) in [4.78, 5) is 0. The molecule has 0 N–H and O–H groups in total. The quantitative estimate of drug-likeness (QED) is 0.180. The van der Waals surface area contributed by atoms with E-state index < -0.39 is 0 Å². The molecule has 0 spiro atoms. The van der Waals surface area contributed by atoms with E-state index in [2.05, 4.69) is 176 Å². The van der Waals surface area contributed by atoms with Gasteiger partial charge in [0.1, 0.15) is 0 Å². The predicted octanol–water partition coefficient (Wildman–Crippen LogP) is 11.9. The molecule has 6 aromatic heterocycles. The van der Waals surface area contributed by atoms with Crippen molar-refractivity contribution in [3.8, 4) is 11.4 Å². The second-order valence-corrected chi connectivity index (χ2v) is 13.8. The van der Waals surface area contributed by atoms with Gasteiger partial charge in [0.25, 0.3) is 0 Å². The minimum absolute atomic E-state index is 1.18. The summed E-state index contributed by atoms with van der Waals surface area (Å²) in [7, 11) is 0. The van der Waals surface area contributed by atoms with Crippen molar-refractivity contribution in [3.63, 3.8) is 0 Å². The second-order valence-electron chi connectivity index (χ2n) is 13.8. The molecule has 230 valence electrons. The van der Waals surface area contributed by atoms with Gasteiger partial charge in [-0.25, -0.2) is 0 Å². The Hall–Kier alpha value is -6.78. The number of nitrogens with zero attached hydrogens (tertiary/aromatic N) is 4. The summed E-state index contributed by atoms with van der Waals surface area (Å²) < 4.78 is 9.75. The maximum atomic E-state index is 2.47. The molecule has 6 heterocycles. The number of benzene rings is 7. The zero-order valence-electron chi connectivity index (χ0n) is 26.8. The highest BCUT2D eigenvalue weighted by Gasteiger charge is 2.25. The van der Waals surface area contributed by atoms with Crippen molar-refractivity contribution < 1.29 is 0 Å². The molecule has 0 unspecified atom stereocenters. The molecule has 13 aromatic rings. The fourth-order valence-corrected chi connectivity index (χ4v) is 9.52. The number of hydrogen-bond donors (Lipinski definition) is 0. The molecular formula is C46H26N4. The highest BCUT2D eigenvalue weighted by atomic mass is 15.0. The molecule has 0 aliphatic rings. The van der Waals surface area contributed by atoms with Crippen molar-refractivity contribution in [3.05, 3.63) is 158 Å². The van der Waals surface area contributed by atoms with Crippen LogP contribution in [0.3, 0.4) is 0 Å². The highest BCUT2D eigenvalue weighted by Crippen LogP contribution is 2.48. The maximum absolute atomic E-state index is 2.47. The summed E-state index contributed by atoms with van der Waals surface area (Å²) in [5, 5.41) is 13.0. The van der Waals surface area contributed by atoms with E-state index in [9.17, 15) is 0 Å².